The highest BCUT2D eigenvalue weighted by Gasteiger charge is 2.20. The molecule has 2 N–H and O–H groups in total. The van der Waals surface area contributed by atoms with Crippen LogP contribution in [-0.4, -0.2) is 43.7 Å². The summed E-state index contributed by atoms with van der Waals surface area (Å²) in [6, 6.07) is 0.190. The third-order valence-electron chi connectivity index (χ3n) is 2.88. The third-order valence-corrected chi connectivity index (χ3v) is 2.88. The van der Waals surface area contributed by atoms with Crippen LogP contribution in [0.2, 0.25) is 0 Å². The zero-order valence-corrected chi connectivity index (χ0v) is 11.3. The van der Waals surface area contributed by atoms with Gasteiger partial charge in [0.15, 0.2) is 0 Å². The molecule has 1 saturated heterocycles. The standard InChI is InChI=1S/C14H23N3O/c1-4-5-6-7-12(2)10-15-14(18)16-13-8-9-17(3)11-13/h4-7,13H,1,8-11H2,2-3H3,(H2,15,16,18)/b6-5-,12-7+/t13-/m1/s1. The molecular formula is C14H23N3O. The van der Waals surface area contributed by atoms with E-state index in [2.05, 4.69) is 29.2 Å². The molecule has 0 aromatic carbocycles. The minimum absolute atomic E-state index is 0.0873. The Labute approximate surface area is 109 Å². The Morgan fingerprint density at radius 2 is 2.28 bits per heavy atom. The van der Waals surface area contributed by atoms with E-state index in [9.17, 15) is 4.79 Å². The second-order valence-electron chi connectivity index (χ2n) is 4.71. The number of amides is 2. The van der Waals surface area contributed by atoms with Gasteiger partial charge < -0.3 is 15.5 Å². The normalized spacial score (nSPS) is 21.2. The maximum absolute atomic E-state index is 11.6. The number of carbonyl (C=O) groups excluding carboxylic acids is 1. The summed E-state index contributed by atoms with van der Waals surface area (Å²) < 4.78 is 0. The van der Waals surface area contributed by atoms with Gasteiger partial charge in [-0.2, -0.15) is 0 Å². The van der Waals surface area contributed by atoms with Gasteiger partial charge in [0.1, 0.15) is 0 Å². The van der Waals surface area contributed by atoms with Crippen LogP contribution >= 0.6 is 0 Å². The molecule has 1 aliphatic heterocycles. The number of likely N-dealkylation sites (N-methyl/N-ethyl adjacent to an activating group) is 1. The maximum Gasteiger partial charge on any atom is 0.315 e. The quantitative estimate of drug-likeness (QED) is 0.728. The molecule has 2 amide bonds. The van der Waals surface area contributed by atoms with Gasteiger partial charge in [-0.1, -0.05) is 36.5 Å². The molecule has 0 saturated carbocycles. The number of nitrogens with one attached hydrogen (secondary N) is 2. The van der Waals surface area contributed by atoms with Gasteiger partial charge in [0.2, 0.25) is 0 Å². The van der Waals surface area contributed by atoms with E-state index in [0.717, 1.165) is 25.1 Å². The van der Waals surface area contributed by atoms with Gasteiger partial charge in [0.05, 0.1) is 0 Å². The molecule has 0 aromatic heterocycles. The fraction of sp³-hybridized carbons (Fsp3) is 0.500. The first-order valence-corrected chi connectivity index (χ1v) is 6.29. The topological polar surface area (TPSA) is 44.4 Å². The molecule has 18 heavy (non-hydrogen) atoms. The van der Waals surface area contributed by atoms with Crippen molar-refractivity contribution in [3.8, 4) is 0 Å². The Balaban J connectivity index is 2.22. The number of carbonyl (C=O) groups is 1. The Morgan fingerprint density at radius 1 is 1.50 bits per heavy atom. The van der Waals surface area contributed by atoms with Crippen LogP contribution in [0.4, 0.5) is 4.79 Å². The molecule has 1 fully saturated rings. The maximum atomic E-state index is 11.6. The van der Waals surface area contributed by atoms with Crippen molar-refractivity contribution in [2.75, 3.05) is 26.7 Å². The SMILES string of the molecule is C=C/C=C\C=C(/C)CNC(=O)N[C@@H]1CCN(C)C1. The number of rotatable bonds is 5. The van der Waals surface area contributed by atoms with Crippen LogP contribution in [0.25, 0.3) is 0 Å². The summed E-state index contributed by atoms with van der Waals surface area (Å²) in [6.07, 6.45) is 8.48. The number of allylic oxidation sites excluding steroid dienone is 4. The highest BCUT2D eigenvalue weighted by Crippen LogP contribution is 2.05. The predicted octanol–water partition coefficient (Wildman–Crippen LogP) is 1.68. The lowest BCUT2D eigenvalue weighted by Crippen LogP contribution is -2.43. The van der Waals surface area contributed by atoms with E-state index in [1.54, 1.807) is 6.08 Å². The molecule has 4 heteroatoms. The predicted molar refractivity (Wildman–Crippen MR) is 75.5 cm³/mol. The molecule has 0 aliphatic carbocycles. The van der Waals surface area contributed by atoms with Gasteiger partial charge in [-0.05, 0) is 26.9 Å². The number of nitrogens with zero attached hydrogens (tertiary/aromatic N) is 1. The van der Waals surface area contributed by atoms with Crippen molar-refractivity contribution < 1.29 is 4.79 Å². The highest BCUT2D eigenvalue weighted by molar-refractivity contribution is 5.74. The van der Waals surface area contributed by atoms with Crippen molar-refractivity contribution >= 4 is 6.03 Å². The summed E-state index contributed by atoms with van der Waals surface area (Å²) in [5.74, 6) is 0. The Morgan fingerprint density at radius 3 is 2.89 bits per heavy atom. The fourth-order valence-corrected chi connectivity index (χ4v) is 1.87. The molecule has 0 aromatic rings. The van der Waals surface area contributed by atoms with Crippen molar-refractivity contribution in [3.05, 3.63) is 36.5 Å². The summed E-state index contributed by atoms with van der Waals surface area (Å²) >= 11 is 0. The summed E-state index contributed by atoms with van der Waals surface area (Å²) in [7, 11) is 2.07. The number of urea groups is 1. The number of likely N-dealkylation sites (tertiary alicyclic amines) is 1. The highest BCUT2D eigenvalue weighted by atomic mass is 16.2. The summed E-state index contributed by atoms with van der Waals surface area (Å²) in [6.45, 7) is 8.13. The van der Waals surface area contributed by atoms with Crippen LogP contribution in [0, 0.1) is 0 Å². The first kappa shape index (κ1) is 14.5. The number of hydrogen-bond acceptors (Lipinski definition) is 2. The first-order valence-electron chi connectivity index (χ1n) is 6.29. The van der Waals surface area contributed by atoms with Gasteiger partial charge in [-0.25, -0.2) is 4.79 Å². The molecular weight excluding hydrogens is 226 g/mol. The average Bonchev–Trinajstić information content (AvgIpc) is 2.72. The molecule has 1 rings (SSSR count). The number of hydrogen-bond donors (Lipinski definition) is 2. The smallest absolute Gasteiger partial charge is 0.315 e. The Hall–Kier alpha value is -1.55. The van der Waals surface area contributed by atoms with Crippen molar-refractivity contribution in [1.82, 2.24) is 15.5 Å². The van der Waals surface area contributed by atoms with E-state index in [4.69, 9.17) is 0 Å². The zero-order valence-electron chi connectivity index (χ0n) is 11.3. The lowest BCUT2D eigenvalue weighted by molar-refractivity contribution is 0.237. The van der Waals surface area contributed by atoms with Crippen LogP contribution in [0.15, 0.2) is 36.5 Å². The van der Waals surface area contributed by atoms with Crippen LogP contribution < -0.4 is 10.6 Å². The molecule has 4 nitrogen and oxygen atoms in total. The second-order valence-corrected chi connectivity index (χ2v) is 4.71. The molecule has 1 aliphatic rings. The molecule has 1 atom stereocenters. The monoisotopic (exact) mass is 249 g/mol. The van der Waals surface area contributed by atoms with Crippen LogP contribution in [0.3, 0.4) is 0 Å². The minimum atomic E-state index is -0.0873. The van der Waals surface area contributed by atoms with Gasteiger partial charge in [-0.3, -0.25) is 0 Å². The molecule has 0 bridgehead atoms. The summed E-state index contributed by atoms with van der Waals surface area (Å²) in [5, 5.41) is 5.83. The van der Waals surface area contributed by atoms with Crippen molar-refractivity contribution in [1.29, 1.82) is 0 Å². The van der Waals surface area contributed by atoms with Crippen molar-refractivity contribution in [3.63, 3.8) is 0 Å². The van der Waals surface area contributed by atoms with Gasteiger partial charge >= 0.3 is 6.03 Å². The van der Waals surface area contributed by atoms with E-state index in [0.29, 0.717) is 6.54 Å². The van der Waals surface area contributed by atoms with E-state index in [-0.39, 0.29) is 12.1 Å². The average molecular weight is 249 g/mol. The van der Waals surface area contributed by atoms with Gasteiger partial charge in [0, 0.05) is 19.1 Å². The molecule has 100 valence electrons. The fourth-order valence-electron chi connectivity index (χ4n) is 1.87. The van der Waals surface area contributed by atoms with Crippen LogP contribution in [-0.2, 0) is 0 Å². The van der Waals surface area contributed by atoms with E-state index in [1.165, 1.54) is 0 Å². The van der Waals surface area contributed by atoms with Gasteiger partial charge in [-0.15, -0.1) is 0 Å². The molecule has 1 heterocycles. The van der Waals surface area contributed by atoms with Gasteiger partial charge in [0.25, 0.3) is 0 Å². The molecule has 0 spiro atoms. The van der Waals surface area contributed by atoms with E-state index < -0.39 is 0 Å². The molecule has 0 radical (unpaired) electrons. The first-order chi connectivity index (χ1) is 8.61. The molecule has 0 unspecified atom stereocenters. The Kier molecular flexibility index (Phi) is 6.22. The second kappa shape index (κ2) is 7.71. The van der Waals surface area contributed by atoms with Crippen LogP contribution in [0.5, 0.6) is 0 Å². The lowest BCUT2D eigenvalue weighted by atomic mass is 10.2. The largest absolute Gasteiger partial charge is 0.334 e. The summed E-state index contributed by atoms with van der Waals surface area (Å²) in [5.41, 5.74) is 1.10. The summed E-state index contributed by atoms with van der Waals surface area (Å²) in [4.78, 5) is 13.9. The van der Waals surface area contributed by atoms with Crippen LogP contribution in [0.1, 0.15) is 13.3 Å². The minimum Gasteiger partial charge on any atom is -0.334 e. The lowest BCUT2D eigenvalue weighted by Gasteiger charge is -2.13. The zero-order chi connectivity index (χ0) is 13.4. The van der Waals surface area contributed by atoms with Crippen molar-refractivity contribution in [2.24, 2.45) is 0 Å². The Bertz CT molecular complexity index is 347. The van der Waals surface area contributed by atoms with E-state index in [1.807, 2.05) is 25.2 Å². The van der Waals surface area contributed by atoms with E-state index >= 15 is 0 Å². The van der Waals surface area contributed by atoms with Crippen molar-refractivity contribution in [2.45, 2.75) is 19.4 Å². The third kappa shape index (κ3) is 5.68.